The van der Waals surface area contributed by atoms with Gasteiger partial charge in [-0.2, -0.15) is 0 Å². The van der Waals surface area contributed by atoms with Crippen LogP contribution in [0.2, 0.25) is 0 Å². The maximum atomic E-state index is 13.0. The Hall–Kier alpha value is -3.98. The summed E-state index contributed by atoms with van der Waals surface area (Å²) in [5, 5.41) is 0.778. The number of H-pyrrole nitrogens is 1. The second kappa shape index (κ2) is 9.48. The first-order valence-corrected chi connectivity index (χ1v) is 11.8. The van der Waals surface area contributed by atoms with Crippen LogP contribution in [0.5, 0.6) is 0 Å². The lowest BCUT2D eigenvalue weighted by Crippen LogP contribution is -2.16. The molecule has 0 aliphatic carbocycles. The predicted molar refractivity (Wildman–Crippen MR) is 126 cm³/mol. The molecule has 0 amide bonds. The number of rotatable bonds is 8. The van der Waals surface area contributed by atoms with Crippen molar-refractivity contribution in [1.82, 2.24) is 4.98 Å². The third-order valence-electron chi connectivity index (χ3n) is 5.22. The fourth-order valence-corrected chi connectivity index (χ4v) is 4.65. The van der Waals surface area contributed by atoms with E-state index in [2.05, 4.69) is 9.71 Å². The van der Waals surface area contributed by atoms with Crippen LogP contribution in [0.3, 0.4) is 0 Å². The normalized spacial score (nSPS) is 11.4. The second-order valence-electron chi connectivity index (χ2n) is 7.69. The van der Waals surface area contributed by atoms with E-state index in [1.54, 1.807) is 19.1 Å². The van der Waals surface area contributed by atoms with Gasteiger partial charge in [-0.1, -0.05) is 30.3 Å². The first-order chi connectivity index (χ1) is 16.2. The highest BCUT2D eigenvalue weighted by Gasteiger charge is 2.18. The van der Waals surface area contributed by atoms with Crippen molar-refractivity contribution in [2.24, 2.45) is 0 Å². The van der Waals surface area contributed by atoms with Gasteiger partial charge in [-0.05, 0) is 55.0 Å². The topological polar surface area (TPSA) is 105 Å². The van der Waals surface area contributed by atoms with Crippen LogP contribution >= 0.6 is 0 Å². The van der Waals surface area contributed by atoms with Crippen molar-refractivity contribution in [3.63, 3.8) is 0 Å². The molecule has 3 aromatic carbocycles. The SMILES string of the molecule is Cc1[nH]c2ccccc2c1C(=O)COC(=O)Cc1ccc(NS(=O)(=O)c2ccc(F)cc2)cc1. The molecule has 0 radical (unpaired) electrons. The minimum absolute atomic E-state index is 0.0725. The monoisotopic (exact) mass is 480 g/mol. The zero-order valence-corrected chi connectivity index (χ0v) is 19.0. The number of nitrogens with one attached hydrogen (secondary N) is 2. The lowest BCUT2D eigenvalue weighted by molar-refractivity contribution is -0.141. The summed E-state index contributed by atoms with van der Waals surface area (Å²) in [7, 11) is -3.87. The predicted octanol–water partition coefficient (Wildman–Crippen LogP) is 4.38. The minimum atomic E-state index is -3.87. The van der Waals surface area contributed by atoms with Gasteiger partial charge < -0.3 is 9.72 Å². The molecule has 0 aliphatic heterocycles. The summed E-state index contributed by atoms with van der Waals surface area (Å²) in [6, 6.07) is 18.0. The number of aromatic nitrogens is 1. The number of fused-ring (bicyclic) bond motifs is 1. The molecular formula is C25H21FN2O5S. The van der Waals surface area contributed by atoms with Gasteiger partial charge in [0, 0.05) is 27.8 Å². The Bertz CT molecular complexity index is 1460. The Morgan fingerprint density at radius 1 is 0.971 bits per heavy atom. The van der Waals surface area contributed by atoms with E-state index in [9.17, 15) is 22.4 Å². The average Bonchev–Trinajstić information content (AvgIpc) is 3.14. The van der Waals surface area contributed by atoms with Gasteiger partial charge in [-0.3, -0.25) is 14.3 Å². The number of carbonyl (C=O) groups is 2. The van der Waals surface area contributed by atoms with Gasteiger partial charge in [-0.25, -0.2) is 12.8 Å². The molecule has 0 atom stereocenters. The van der Waals surface area contributed by atoms with Crippen molar-refractivity contribution in [3.8, 4) is 0 Å². The highest BCUT2D eigenvalue weighted by atomic mass is 32.2. The van der Waals surface area contributed by atoms with Crippen LogP contribution in [0.15, 0.2) is 77.7 Å². The number of benzene rings is 3. The van der Waals surface area contributed by atoms with E-state index in [1.807, 2.05) is 24.3 Å². The first-order valence-electron chi connectivity index (χ1n) is 10.4. The Morgan fingerprint density at radius 2 is 1.65 bits per heavy atom. The van der Waals surface area contributed by atoms with Crippen LogP contribution in [-0.4, -0.2) is 31.8 Å². The molecule has 0 fully saturated rings. The number of sulfonamides is 1. The molecule has 0 aliphatic rings. The first kappa shape index (κ1) is 23.2. The number of anilines is 1. The number of hydrogen-bond acceptors (Lipinski definition) is 5. The highest BCUT2D eigenvalue weighted by Crippen LogP contribution is 2.22. The van der Waals surface area contributed by atoms with Crippen molar-refractivity contribution in [3.05, 3.63) is 95.4 Å². The van der Waals surface area contributed by atoms with Crippen LogP contribution < -0.4 is 4.72 Å². The molecule has 0 spiro atoms. The summed E-state index contributed by atoms with van der Waals surface area (Å²) in [6.07, 6.45) is -0.0782. The van der Waals surface area contributed by atoms with Crippen molar-refractivity contribution in [1.29, 1.82) is 0 Å². The van der Waals surface area contributed by atoms with E-state index in [0.717, 1.165) is 23.0 Å². The maximum Gasteiger partial charge on any atom is 0.310 e. The summed E-state index contributed by atoms with van der Waals surface area (Å²) in [6.45, 7) is 1.41. The molecule has 4 rings (SSSR count). The molecule has 0 unspecified atom stereocenters. The van der Waals surface area contributed by atoms with Gasteiger partial charge in [0.1, 0.15) is 5.82 Å². The van der Waals surface area contributed by atoms with E-state index in [0.29, 0.717) is 16.8 Å². The van der Waals surface area contributed by atoms with Crippen molar-refractivity contribution in [2.45, 2.75) is 18.2 Å². The number of carbonyl (C=O) groups excluding carboxylic acids is 2. The Balaban J connectivity index is 1.34. The maximum absolute atomic E-state index is 13.0. The van der Waals surface area contributed by atoms with Gasteiger partial charge in [0.15, 0.2) is 6.61 Å². The largest absolute Gasteiger partial charge is 0.457 e. The Kier molecular flexibility index (Phi) is 6.47. The summed E-state index contributed by atoms with van der Waals surface area (Å²) in [4.78, 5) is 27.9. The molecule has 0 saturated heterocycles. The van der Waals surface area contributed by atoms with Crippen molar-refractivity contribution < 1.29 is 27.1 Å². The van der Waals surface area contributed by atoms with Crippen LogP contribution in [-0.2, 0) is 26.0 Å². The van der Waals surface area contributed by atoms with E-state index in [4.69, 9.17) is 4.74 Å². The molecule has 9 heteroatoms. The number of halogens is 1. The summed E-state index contributed by atoms with van der Waals surface area (Å²) < 4.78 is 45.4. The zero-order chi connectivity index (χ0) is 24.3. The molecule has 1 heterocycles. The van der Waals surface area contributed by atoms with E-state index >= 15 is 0 Å². The van der Waals surface area contributed by atoms with Gasteiger partial charge in [0.05, 0.1) is 11.3 Å². The minimum Gasteiger partial charge on any atom is -0.457 e. The van der Waals surface area contributed by atoms with Gasteiger partial charge in [0.2, 0.25) is 5.78 Å². The van der Waals surface area contributed by atoms with Crippen molar-refractivity contribution >= 4 is 38.4 Å². The van der Waals surface area contributed by atoms with Gasteiger partial charge in [0.25, 0.3) is 10.0 Å². The lowest BCUT2D eigenvalue weighted by atomic mass is 10.1. The third kappa shape index (κ3) is 5.15. The Morgan fingerprint density at radius 3 is 2.35 bits per heavy atom. The summed E-state index contributed by atoms with van der Waals surface area (Å²) in [5.41, 5.74) is 2.92. The van der Waals surface area contributed by atoms with Gasteiger partial charge >= 0.3 is 5.97 Å². The Labute approximate surface area is 195 Å². The number of hydrogen-bond donors (Lipinski definition) is 2. The number of para-hydroxylation sites is 1. The standard InChI is InChI=1S/C25H21FN2O5S/c1-16-25(21-4-2-3-5-22(21)27-16)23(29)15-33-24(30)14-17-6-10-19(11-7-17)28-34(31,32)20-12-8-18(26)9-13-20/h2-13,27-28H,14-15H2,1H3. The number of aryl methyl sites for hydroxylation is 1. The second-order valence-corrected chi connectivity index (χ2v) is 9.37. The van der Waals surface area contributed by atoms with Crippen LogP contribution in [0.4, 0.5) is 10.1 Å². The molecule has 1 aromatic heterocycles. The van der Waals surface area contributed by atoms with E-state index < -0.39 is 21.8 Å². The lowest BCUT2D eigenvalue weighted by Gasteiger charge is -2.09. The average molecular weight is 481 g/mol. The quantitative estimate of drug-likeness (QED) is 0.288. The van der Waals surface area contributed by atoms with Crippen molar-refractivity contribution in [2.75, 3.05) is 11.3 Å². The number of esters is 1. The molecule has 4 aromatic rings. The number of ether oxygens (including phenoxy) is 1. The molecular weight excluding hydrogens is 459 g/mol. The molecule has 7 nitrogen and oxygen atoms in total. The molecule has 34 heavy (non-hydrogen) atoms. The van der Waals surface area contributed by atoms with Crippen LogP contribution in [0.25, 0.3) is 10.9 Å². The fraction of sp³-hybridized carbons (Fsp3) is 0.120. The summed E-state index contributed by atoms with van der Waals surface area (Å²) >= 11 is 0. The fourth-order valence-electron chi connectivity index (χ4n) is 3.59. The van der Waals surface area contributed by atoms with Crippen LogP contribution in [0, 0.1) is 12.7 Å². The van der Waals surface area contributed by atoms with Gasteiger partial charge in [-0.15, -0.1) is 0 Å². The summed E-state index contributed by atoms with van der Waals surface area (Å²) in [5.74, 6) is -1.41. The molecule has 0 saturated carbocycles. The van der Waals surface area contributed by atoms with Crippen LogP contribution in [0.1, 0.15) is 21.6 Å². The smallest absolute Gasteiger partial charge is 0.310 e. The van der Waals surface area contributed by atoms with E-state index in [-0.39, 0.29) is 29.4 Å². The third-order valence-corrected chi connectivity index (χ3v) is 6.61. The van der Waals surface area contributed by atoms with E-state index in [1.165, 1.54) is 24.3 Å². The molecule has 0 bridgehead atoms. The zero-order valence-electron chi connectivity index (χ0n) is 18.2. The molecule has 174 valence electrons. The molecule has 2 N–H and O–H groups in total. The number of ketones is 1. The highest BCUT2D eigenvalue weighted by molar-refractivity contribution is 7.92. The number of Topliss-reactive ketones (excluding diaryl/α,β-unsaturated/α-hetero) is 1. The number of aromatic amines is 1.